The molecular weight excluding hydrogens is 401 g/mol. The van der Waals surface area contributed by atoms with Crippen molar-refractivity contribution in [1.82, 2.24) is 9.34 Å². The number of hydrogen-bond donors (Lipinski definition) is 1. The Morgan fingerprint density at radius 3 is 1.55 bits per heavy atom. The topological polar surface area (TPSA) is 35.6 Å². The largest absolute Gasteiger partial charge is 0.312 e. The Bertz CT molecular complexity index is 967. The van der Waals surface area contributed by atoms with E-state index < -0.39 is 7.59 Å². The lowest BCUT2D eigenvalue weighted by molar-refractivity contribution is 0.197. The van der Waals surface area contributed by atoms with Crippen molar-refractivity contribution < 1.29 is 4.57 Å². The summed E-state index contributed by atoms with van der Waals surface area (Å²) in [5.41, 5.74) is 3.34. The van der Waals surface area contributed by atoms with E-state index in [2.05, 4.69) is 63.0 Å². The van der Waals surface area contributed by atoms with Crippen molar-refractivity contribution in [3.05, 3.63) is 102 Å². The molecule has 2 atom stereocenters. The summed E-state index contributed by atoms with van der Waals surface area (Å²) in [7, 11) is -3.03. The first-order chi connectivity index (χ1) is 15.2. The standard InChI is InChI=1S/C26H30N3OP/c30-31(27-24-16-8-3-9-17-24)28(20-22-12-4-1-5-13-22)25-18-10-11-19-26(25)29(31)21-23-14-6-2-7-15-23/h1-9,12-17,25-26H,10-11,18-21H2,(H,27,30)/t25-,26-/m1/s1. The summed E-state index contributed by atoms with van der Waals surface area (Å²) in [5, 5.41) is 3.52. The lowest BCUT2D eigenvalue weighted by Crippen LogP contribution is -2.39. The third-order valence-corrected chi connectivity index (χ3v) is 9.40. The van der Waals surface area contributed by atoms with E-state index in [1.165, 1.54) is 24.0 Å². The summed E-state index contributed by atoms with van der Waals surface area (Å²) in [6.07, 6.45) is 4.61. The van der Waals surface area contributed by atoms with Crippen molar-refractivity contribution in [2.24, 2.45) is 0 Å². The molecule has 0 spiro atoms. The fraction of sp³-hybridized carbons (Fsp3) is 0.308. The molecule has 1 aliphatic heterocycles. The van der Waals surface area contributed by atoms with Gasteiger partial charge in [-0.1, -0.05) is 91.7 Å². The highest BCUT2D eigenvalue weighted by molar-refractivity contribution is 7.61. The van der Waals surface area contributed by atoms with E-state index >= 15 is 0 Å². The Morgan fingerprint density at radius 2 is 1.10 bits per heavy atom. The maximum atomic E-state index is 15.0. The average molecular weight is 432 g/mol. The summed E-state index contributed by atoms with van der Waals surface area (Å²) >= 11 is 0. The van der Waals surface area contributed by atoms with Crippen LogP contribution in [-0.2, 0) is 17.7 Å². The molecule has 0 bridgehead atoms. The predicted octanol–water partition coefficient (Wildman–Crippen LogP) is 6.54. The molecule has 0 aromatic heterocycles. The lowest BCUT2D eigenvalue weighted by atomic mass is 9.90. The molecule has 4 nitrogen and oxygen atoms in total. The fourth-order valence-electron chi connectivity index (χ4n) is 5.11. The number of nitrogens with one attached hydrogen (secondary N) is 1. The zero-order chi connectivity index (χ0) is 21.1. The summed E-state index contributed by atoms with van der Waals surface area (Å²) in [5.74, 6) is 0. The number of rotatable bonds is 6. The minimum atomic E-state index is -3.03. The fourth-order valence-corrected chi connectivity index (χ4v) is 8.20. The van der Waals surface area contributed by atoms with Crippen LogP contribution < -0.4 is 5.09 Å². The van der Waals surface area contributed by atoms with Crippen molar-refractivity contribution in [3.8, 4) is 0 Å². The Kier molecular flexibility index (Phi) is 5.95. The second-order valence-corrected chi connectivity index (χ2v) is 10.9. The van der Waals surface area contributed by atoms with Gasteiger partial charge in [-0.2, -0.15) is 0 Å². The molecule has 2 aliphatic rings. The van der Waals surface area contributed by atoms with Gasteiger partial charge in [0, 0.05) is 30.9 Å². The van der Waals surface area contributed by atoms with E-state index in [0.29, 0.717) is 25.2 Å². The summed E-state index contributed by atoms with van der Waals surface area (Å²) in [4.78, 5) is 0. The van der Waals surface area contributed by atoms with Crippen molar-refractivity contribution in [2.75, 3.05) is 5.09 Å². The molecule has 5 heteroatoms. The molecule has 5 rings (SSSR count). The monoisotopic (exact) mass is 431 g/mol. The normalized spacial score (nSPS) is 23.4. The van der Waals surface area contributed by atoms with Gasteiger partial charge in [0.2, 0.25) is 0 Å². The zero-order valence-corrected chi connectivity index (χ0v) is 18.7. The Balaban J connectivity index is 1.55. The van der Waals surface area contributed by atoms with Crippen LogP contribution in [0.15, 0.2) is 91.0 Å². The van der Waals surface area contributed by atoms with Crippen molar-refractivity contribution in [2.45, 2.75) is 50.9 Å². The van der Waals surface area contributed by atoms with Crippen molar-refractivity contribution in [1.29, 1.82) is 0 Å². The van der Waals surface area contributed by atoms with Gasteiger partial charge in [-0.05, 0) is 36.1 Å². The molecule has 3 aromatic rings. The van der Waals surface area contributed by atoms with E-state index in [1.807, 2.05) is 42.5 Å². The average Bonchev–Trinajstić information content (AvgIpc) is 3.04. The minimum absolute atomic E-state index is 0.305. The third kappa shape index (κ3) is 4.21. The number of fused-ring (bicyclic) bond motifs is 1. The molecule has 1 saturated carbocycles. The van der Waals surface area contributed by atoms with E-state index in [4.69, 9.17) is 0 Å². The first kappa shape index (κ1) is 20.5. The molecule has 3 aromatic carbocycles. The number of benzene rings is 3. The predicted molar refractivity (Wildman–Crippen MR) is 128 cm³/mol. The summed E-state index contributed by atoms with van der Waals surface area (Å²) < 4.78 is 19.5. The van der Waals surface area contributed by atoms with E-state index in [-0.39, 0.29) is 0 Å². The van der Waals surface area contributed by atoms with Crippen LogP contribution >= 0.6 is 7.59 Å². The molecule has 1 aliphatic carbocycles. The zero-order valence-electron chi connectivity index (χ0n) is 17.8. The maximum absolute atomic E-state index is 15.0. The van der Waals surface area contributed by atoms with Crippen LogP contribution in [0.1, 0.15) is 36.8 Å². The molecule has 1 saturated heterocycles. The Hall–Kier alpha value is -2.39. The Morgan fingerprint density at radius 1 is 0.677 bits per heavy atom. The third-order valence-electron chi connectivity index (χ3n) is 6.58. The minimum Gasteiger partial charge on any atom is -0.312 e. The van der Waals surface area contributed by atoms with Crippen LogP contribution in [0.3, 0.4) is 0 Å². The van der Waals surface area contributed by atoms with Crippen LogP contribution in [0, 0.1) is 0 Å². The van der Waals surface area contributed by atoms with Crippen LogP contribution in [-0.4, -0.2) is 21.4 Å². The van der Waals surface area contributed by atoms with Crippen LogP contribution in [0.5, 0.6) is 0 Å². The van der Waals surface area contributed by atoms with Crippen molar-refractivity contribution in [3.63, 3.8) is 0 Å². The summed E-state index contributed by atoms with van der Waals surface area (Å²) in [6, 6.07) is 31.6. The molecule has 31 heavy (non-hydrogen) atoms. The van der Waals surface area contributed by atoms with Gasteiger partial charge in [-0.15, -0.1) is 0 Å². The first-order valence-electron chi connectivity index (χ1n) is 11.3. The van der Waals surface area contributed by atoms with Gasteiger partial charge in [0.25, 0.3) is 0 Å². The van der Waals surface area contributed by atoms with E-state index in [0.717, 1.165) is 18.5 Å². The van der Waals surface area contributed by atoms with Gasteiger partial charge in [-0.25, -0.2) is 9.34 Å². The van der Waals surface area contributed by atoms with Gasteiger partial charge in [-0.3, -0.25) is 4.57 Å². The lowest BCUT2D eigenvalue weighted by Gasteiger charge is -2.33. The number of hydrogen-bond acceptors (Lipinski definition) is 1. The SMILES string of the molecule is O=P1(Nc2ccccc2)N(Cc2ccccc2)[C@@H]2CCCC[C@H]2N1Cc1ccccc1. The molecule has 1 N–H and O–H groups in total. The molecular formula is C26H30N3OP. The Labute approximate surface area is 185 Å². The van der Waals surface area contributed by atoms with Gasteiger partial charge in [0.15, 0.2) is 0 Å². The van der Waals surface area contributed by atoms with Gasteiger partial charge in [0.05, 0.1) is 0 Å². The second kappa shape index (κ2) is 9.00. The van der Waals surface area contributed by atoms with Gasteiger partial charge >= 0.3 is 7.59 Å². The number of anilines is 1. The second-order valence-electron chi connectivity index (χ2n) is 8.61. The molecule has 2 fully saturated rings. The summed E-state index contributed by atoms with van der Waals surface area (Å²) in [6.45, 7) is 1.40. The highest BCUT2D eigenvalue weighted by Gasteiger charge is 2.55. The molecule has 1 heterocycles. The van der Waals surface area contributed by atoms with Crippen LogP contribution in [0.25, 0.3) is 0 Å². The quantitative estimate of drug-likeness (QED) is 0.450. The van der Waals surface area contributed by atoms with Crippen LogP contribution in [0.2, 0.25) is 0 Å². The maximum Gasteiger partial charge on any atom is 0.309 e. The highest BCUT2D eigenvalue weighted by atomic mass is 31.2. The van der Waals surface area contributed by atoms with Gasteiger partial charge < -0.3 is 5.09 Å². The number of para-hydroxylation sites is 1. The smallest absolute Gasteiger partial charge is 0.309 e. The molecule has 160 valence electrons. The first-order valence-corrected chi connectivity index (χ1v) is 12.9. The van der Waals surface area contributed by atoms with Gasteiger partial charge in [0.1, 0.15) is 0 Å². The molecule has 0 unspecified atom stereocenters. The van der Waals surface area contributed by atoms with E-state index in [1.54, 1.807) is 0 Å². The molecule has 0 radical (unpaired) electrons. The van der Waals surface area contributed by atoms with Crippen LogP contribution in [0.4, 0.5) is 5.69 Å². The number of nitrogens with zero attached hydrogens (tertiary/aromatic N) is 2. The molecule has 0 amide bonds. The van der Waals surface area contributed by atoms with E-state index in [9.17, 15) is 4.57 Å². The highest BCUT2D eigenvalue weighted by Crippen LogP contribution is 2.64. The van der Waals surface area contributed by atoms with Crippen molar-refractivity contribution >= 4 is 13.3 Å².